The van der Waals surface area contributed by atoms with Crippen molar-refractivity contribution in [3.8, 4) is 0 Å². The van der Waals surface area contributed by atoms with Gasteiger partial charge < -0.3 is 0 Å². The van der Waals surface area contributed by atoms with E-state index in [9.17, 15) is 0 Å². The number of aryl methyl sites for hydroxylation is 2. The van der Waals surface area contributed by atoms with E-state index in [1.807, 2.05) is 36.9 Å². The molecule has 3 N–H and O–H groups in total. The number of hydrogen-bond donors (Lipinski definition) is 2. The van der Waals surface area contributed by atoms with Gasteiger partial charge >= 0.3 is 0 Å². The van der Waals surface area contributed by atoms with Crippen molar-refractivity contribution < 1.29 is 0 Å². The Kier molecular flexibility index (Phi) is 4.07. The highest BCUT2D eigenvalue weighted by molar-refractivity contribution is 5.12. The molecular weight excluding hydrogens is 226 g/mol. The van der Waals surface area contributed by atoms with E-state index in [2.05, 4.69) is 21.6 Å². The number of aromatic nitrogens is 3. The molecule has 0 amide bonds. The van der Waals surface area contributed by atoms with Crippen LogP contribution in [-0.4, -0.2) is 20.8 Å². The highest BCUT2D eigenvalue weighted by Gasteiger charge is 2.12. The fourth-order valence-corrected chi connectivity index (χ4v) is 2.07. The van der Waals surface area contributed by atoms with Crippen LogP contribution in [0.25, 0.3) is 0 Å². The van der Waals surface area contributed by atoms with Gasteiger partial charge in [-0.1, -0.05) is 6.07 Å². The maximum absolute atomic E-state index is 5.62. The molecule has 0 saturated carbocycles. The summed E-state index contributed by atoms with van der Waals surface area (Å²) < 4.78 is 1.90. The van der Waals surface area contributed by atoms with Gasteiger partial charge in [0, 0.05) is 43.5 Å². The molecule has 96 valence electrons. The zero-order chi connectivity index (χ0) is 13.0. The van der Waals surface area contributed by atoms with E-state index in [1.54, 1.807) is 6.20 Å². The number of nitrogens with one attached hydrogen (secondary N) is 1. The van der Waals surface area contributed by atoms with E-state index < -0.39 is 0 Å². The lowest BCUT2D eigenvalue weighted by molar-refractivity contribution is 0.501. The predicted octanol–water partition coefficient (Wildman–Crippen LogP) is 0.741. The molecule has 0 saturated heterocycles. The van der Waals surface area contributed by atoms with Crippen LogP contribution in [-0.2, 0) is 19.9 Å². The van der Waals surface area contributed by atoms with Crippen molar-refractivity contribution in [3.05, 3.63) is 47.5 Å². The van der Waals surface area contributed by atoms with Crippen molar-refractivity contribution in [3.63, 3.8) is 0 Å². The summed E-state index contributed by atoms with van der Waals surface area (Å²) in [6, 6.07) is 8.17. The van der Waals surface area contributed by atoms with Crippen LogP contribution in [0.15, 0.2) is 30.5 Å². The van der Waals surface area contributed by atoms with Gasteiger partial charge in [-0.25, -0.2) is 0 Å². The standard InChI is InChI=1S/C13H19N5/c1-10-7-13(18(2)17-10)9-12(16-14)8-11-5-3-4-6-15-11/h3-7,12,16H,8-9,14H2,1-2H3. The van der Waals surface area contributed by atoms with Crippen LogP contribution < -0.4 is 11.3 Å². The first-order valence-electron chi connectivity index (χ1n) is 6.04. The third-order valence-corrected chi connectivity index (χ3v) is 2.97. The van der Waals surface area contributed by atoms with E-state index in [4.69, 9.17) is 5.84 Å². The number of hydrogen-bond acceptors (Lipinski definition) is 4. The lowest BCUT2D eigenvalue weighted by atomic mass is 10.1. The Balaban J connectivity index is 2.04. The fourth-order valence-electron chi connectivity index (χ4n) is 2.07. The van der Waals surface area contributed by atoms with Gasteiger partial charge in [0.25, 0.3) is 0 Å². The average molecular weight is 245 g/mol. The minimum absolute atomic E-state index is 0.162. The second-order valence-corrected chi connectivity index (χ2v) is 4.49. The lowest BCUT2D eigenvalue weighted by Crippen LogP contribution is -2.39. The van der Waals surface area contributed by atoms with Crippen LogP contribution in [0.3, 0.4) is 0 Å². The number of nitrogens with two attached hydrogens (primary N) is 1. The third-order valence-electron chi connectivity index (χ3n) is 2.97. The second-order valence-electron chi connectivity index (χ2n) is 4.49. The lowest BCUT2D eigenvalue weighted by Gasteiger charge is -2.15. The first-order chi connectivity index (χ1) is 8.69. The molecule has 2 heterocycles. The molecule has 0 aliphatic rings. The van der Waals surface area contributed by atoms with Crippen LogP contribution >= 0.6 is 0 Å². The van der Waals surface area contributed by atoms with Gasteiger partial charge in [-0.05, 0) is 25.1 Å². The van der Waals surface area contributed by atoms with Gasteiger partial charge in [-0.15, -0.1) is 0 Å². The summed E-state index contributed by atoms with van der Waals surface area (Å²) in [7, 11) is 1.96. The maximum Gasteiger partial charge on any atom is 0.0596 e. The minimum atomic E-state index is 0.162. The fraction of sp³-hybridized carbons (Fsp3) is 0.385. The minimum Gasteiger partial charge on any atom is -0.272 e. The van der Waals surface area contributed by atoms with E-state index in [1.165, 1.54) is 5.69 Å². The molecule has 0 radical (unpaired) electrons. The predicted molar refractivity (Wildman–Crippen MR) is 70.7 cm³/mol. The zero-order valence-electron chi connectivity index (χ0n) is 10.8. The van der Waals surface area contributed by atoms with Crippen LogP contribution in [0.4, 0.5) is 0 Å². The topological polar surface area (TPSA) is 68.8 Å². The quantitative estimate of drug-likeness (QED) is 0.602. The van der Waals surface area contributed by atoms with Crippen LogP contribution in [0.2, 0.25) is 0 Å². The molecule has 1 atom stereocenters. The Labute approximate surface area is 107 Å². The van der Waals surface area contributed by atoms with Gasteiger partial charge in [0.15, 0.2) is 0 Å². The molecule has 0 bridgehead atoms. The number of nitrogens with zero attached hydrogens (tertiary/aromatic N) is 3. The molecule has 5 nitrogen and oxygen atoms in total. The van der Waals surface area contributed by atoms with E-state index in [-0.39, 0.29) is 6.04 Å². The molecule has 0 aromatic carbocycles. The van der Waals surface area contributed by atoms with Gasteiger partial charge in [0.1, 0.15) is 0 Å². The molecule has 1 unspecified atom stereocenters. The molecule has 0 fully saturated rings. The van der Waals surface area contributed by atoms with Crippen LogP contribution in [0.1, 0.15) is 17.1 Å². The number of hydrazine groups is 1. The molecule has 2 aromatic heterocycles. The highest BCUT2D eigenvalue weighted by atomic mass is 15.3. The largest absolute Gasteiger partial charge is 0.272 e. The Bertz CT molecular complexity index is 491. The van der Waals surface area contributed by atoms with E-state index in [0.29, 0.717) is 0 Å². The van der Waals surface area contributed by atoms with Crippen molar-refractivity contribution in [1.29, 1.82) is 0 Å². The third kappa shape index (κ3) is 3.15. The summed E-state index contributed by atoms with van der Waals surface area (Å²) in [5.41, 5.74) is 6.10. The van der Waals surface area contributed by atoms with E-state index in [0.717, 1.165) is 24.2 Å². The SMILES string of the molecule is Cc1cc(CC(Cc2ccccn2)NN)n(C)n1. The molecule has 2 rings (SSSR count). The number of rotatable bonds is 5. The Morgan fingerprint density at radius 1 is 1.39 bits per heavy atom. The summed E-state index contributed by atoms with van der Waals surface area (Å²) in [5, 5.41) is 4.34. The van der Waals surface area contributed by atoms with Gasteiger partial charge in [0.2, 0.25) is 0 Å². The zero-order valence-corrected chi connectivity index (χ0v) is 10.8. The van der Waals surface area contributed by atoms with Crippen molar-refractivity contribution in [1.82, 2.24) is 20.2 Å². The van der Waals surface area contributed by atoms with Gasteiger partial charge in [-0.2, -0.15) is 5.10 Å². The van der Waals surface area contributed by atoms with E-state index >= 15 is 0 Å². The van der Waals surface area contributed by atoms with Gasteiger partial charge in [0.05, 0.1) is 5.69 Å². The Morgan fingerprint density at radius 2 is 2.22 bits per heavy atom. The van der Waals surface area contributed by atoms with Crippen LogP contribution in [0, 0.1) is 6.92 Å². The average Bonchev–Trinajstić information content (AvgIpc) is 2.68. The van der Waals surface area contributed by atoms with Crippen molar-refractivity contribution in [2.24, 2.45) is 12.9 Å². The summed E-state index contributed by atoms with van der Waals surface area (Å²) in [6.07, 6.45) is 3.45. The highest BCUT2D eigenvalue weighted by Crippen LogP contribution is 2.08. The van der Waals surface area contributed by atoms with Crippen molar-refractivity contribution >= 4 is 0 Å². The molecule has 2 aromatic rings. The molecule has 18 heavy (non-hydrogen) atoms. The smallest absolute Gasteiger partial charge is 0.0596 e. The second kappa shape index (κ2) is 5.75. The summed E-state index contributed by atoms with van der Waals surface area (Å²) >= 11 is 0. The molecular formula is C13H19N5. The van der Waals surface area contributed by atoms with Crippen LogP contribution in [0.5, 0.6) is 0 Å². The van der Waals surface area contributed by atoms with Crippen molar-refractivity contribution in [2.75, 3.05) is 0 Å². The summed E-state index contributed by atoms with van der Waals surface area (Å²) in [5.74, 6) is 5.62. The first kappa shape index (κ1) is 12.7. The summed E-state index contributed by atoms with van der Waals surface area (Å²) in [6.45, 7) is 1.99. The molecule has 0 spiro atoms. The van der Waals surface area contributed by atoms with Gasteiger partial charge in [-0.3, -0.25) is 20.9 Å². The molecule has 0 aliphatic carbocycles. The molecule has 5 heteroatoms. The maximum atomic E-state index is 5.62. The first-order valence-corrected chi connectivity index (χ1v) is 6.04. The molecule has 0 aliphatic heterocycles. The Morgan fingerprint density at radius 3 is 2.78 bits per heavy atom. The normalized spacial score (nSPS) is 12.6. The Hall–Kier alpha value is -1.72. The number of pyridine rings is 1. The monoisotopic (exact) mass is 245 g/mol. The van der Waals surface area contributed by atoms with Crippen molar-refractivity contribution in [2.45, 2.75) is 25.8 Å². The summed E-state index contributed by atoms with van der Waals surface area (Å²) in [4.78, 5) is 4.32.